The van der Waals surface area contributed by atoms with Crippen LogP contribution in [0.5, 0.6) is 0 Å². The van der Waals surface area contributed by atoms with Crippen LogP contribution >= 0.6 is 0 Å². The fraction of sp³-hybridized carbons (Fsp3) is 0.971. The van der Waals surface area contributed by atoms with E-state index in [0.29, 0.717) is 18.9 Å². The van der Waals surface area contributed by atoms with Crippen molar-refractivity contribution in [3.05, 3.63) is 0 Å². The molecule has 0 heterocycles. The molecule has 0 fully saturated rings. The van der Waals surface area contributed by atoms with Crippen molar-refractivity contribution < 1.29 is 14.6 Å². The molecule has 0 aromatic heterocycles. The number of carbonyl (C=O) groups excluding carboxylic acids is 1. The topological polar surface area (TPSA) is 46.5 Å². The Labute approximate surface area is 233 Å². The smallest absolute Gasteiger partial charge is 0.305 e. The van der Waals surface area contributed by atoms with E-state index >= 15 is 0 Å². The first-order valence-corrected chi connectivity index (χ1v) is 17.0. The molecule has 2 atom stereocenters. The van der Waals surface area contributed by atoms with Crippen LogP contribution in [-0.2, 0) is 9.53 Å². The minimum Gasteiger partial charge on any atom is -0.465 e. The van der Waals surface area contributed by atoms with Crippen molar-refractivity contribution in [2.75, 3.05) is 6.61 Å². The maximum Gasteiger partial charge on any atom is 0.305 e. The van der Waals surface area contributed by atoms with E-state index in [1.165, 1.54) is 141 Å². The van der Waals surface area contributed by atoms with Gasteiger partial charge < -0.3 is 9.84 Å². The number of ether oxygens (including phenoxy) is 1. The molecule has 0 saturated carbocycles. The van der Waals surface area contributed by atoms with Crippen molar-refractivity contribution in [1.29, 1.82) is 0 Å². The zero-order valence-corrected chi connectivity index (χ0v) is 25.7. The molecular weight excluding hydrogens is 456 g/mol. The van der Waals surface area contributed by atoms with Crippen molar-refractivity contribution in [3.8, 4) is 0 Å². The summed E-state index contributed by atoms with van der Waals surface area (Å²) in [7, 11) is 0. The number of esters is 1. The Morgan fingerprint density at radius 2 is 0.865 bits per heavy atom. The third-order valence-corrected chi connectivity index (χ3v) is 7.97. The van der Waals surface area contributed by atoms with Crippen LogP contribution in [0.25, 0.3) is 0 Å². The zero-order chi connectivity index (χ0) is 27.2. The van der Waals surface area contributed by atoms with Crippen molar-refractivity contribution >= 4 is 5.97 Å². The summed E-state index contributed by atoms with van der Waals surface area (Å²) in [5.74, 6) is 0.587. The van der Waals surface area contributed by atoms with Gasteiger partial charge in [-0.2, -0.15) is 0 Å². The van der Waals surface area contributed by atoms with Gasteiger partial charge in [0.25, 0.3) is 0 Å². The van der Waals surface area contributed by atoms with Gasteiger partial charge in [0.15, 0.2) is 0 Å². The van der Waals surface area contributed by atoms with Gasteiger partial charge in [0.05, 0.1) is 12.7 Å². The van der Waals surface area contributed by atoms with E-state index in [2.05, 4.69) is 20.8 Å². The van der Waals surface area contributed by atoms with Crippen LogP contribution in [0.3, 0.4) is 0 Å². The second-order valence-corrected chi connectivity index (χ2v) is 11.8. The van der Waals surface area contributed by atoms with Gasteiger partial charge in [-0.15, -0.1) is 0 Å². The molecule has 3 nitrogen and oxygen atoms in total. The standard InChI is InChI=1S/C34H68O3/c1-4-7-10-13-18-22-27-32(26-21-11-8-5-2)31-37-34(36)30-25-20-17-15-14-16-19-24-29-33(35)28-23-12-9-6-3/h32-33,35H,4-31H2,1-3H3. The molecule has 37 heavy (non-hydrogen) atoms. The average molecular weight is 525 g/mol. The molecule has 1 N–H and O–H groups in total. The number of rotatable bonds is 30. The maximum absolute atomic E-state index is 12.3. The van der Waals surface area contributed by atoms with E-state index in [9.17, 15) is 9.90 Å². The largest absolute Gasteiger partial charge is 0.465 e. The van der Waals surface area contributed by atoms with Crippen molar-refractivity contribution in [1.82, 2.24) is 0 Å². The summed E-state index contributed by atoms with van der Waals surface area (Å²) in [5, 5.41) is 10.1. The molecule has 0 amide bonds. The molecular formula is C34H68O3. The lowest BCUT2D eigenvalue weighted by molar-refractivity contribution is -0.145. The fourth-order valence-electron chi connectivity index (χ4n) is 5.33. The summed E-state index contributed by atoms with van der Waals surface area (Å²) in [4.78, 5) is 12.3. The van der Waals surface area contributed by atoms with Crippen LogP contribution in [-0.4, -0.2) is 23.8 Å². The lowest BCUT2D eigenvalue weighted by Gasteiger charge is -2.17. The van der Waals surface area contributed by atoms with Crippen LogP contribution in [0.15, 0.2) is 0 Å². The first-order valence-electron chi connectivity index (χ1n) is 17.0. The van der Waals surface area contributed by atoms with Gasteiger partial charge in [0.1, 0.15) is 0 Å². The summed E-state index contributed by atoms with van der Waals surface area (Å²) >= 11 is 0. The lowest BCUT2D eigenvalue weighted by Crippen LogP contribution is -2.14. The SMILES string of the molecule is CCCCCCCCC(CCCCCC)COC(=O)CCCCCCCCCCC(O)CCCCCC. The normalized spacial score (nSPS) is 13.1. The second kappa shape index (κ2) is 30.0. The molecule has 0 bridgehead atoms. The number of hydrogen-bond donors (Lipinski definition) is 1. The van der Waals surface area contributed by atoms with Crippen LogP contribution < -0.4 is 0 Å². The van der Waals surface area contributed by atoms with Crippen LogP contribution in [0.2, 0.25) is 0 Å². The Morgan fingerprint density at radius 3 is 1.32 bits per heavy atom. The maximum atomic E-state index is 12.3. The van der Waals surface area contributed by atoms with Gasteiger partial charge in [-0.1, -0.05) is 156 Å². The van der Waals surface area contributed by atoms with Gasteiger partial charge in [-0.25, -0.2) is 0 Å². The summed E-state index contributed by atoms with van der Waals surface area (Å²) in [6, 6.07) is 0. The number of carbonyl (C=O) groups is 1. The Hall–Kier alpha value is -0.570. The van der Waals surface area contributed by atoms with Gasteiger partial charge in [0.2, 0.25) is 0 Å². The molecule has 0 saturated heterocycles. The Bertz CT molecular complexity index is 450. The van der Waals surface area contributed by atoms with Crippen molar-refractivity contribution in [3.63, 3.8) is 0 Å². The van der Waals surface area contributed by atoms with Crippen LogP contribution in [0.4, 0.5) is 0 Å². The Kier molecular flexibility index (Phi) is 29.5. The van der Waals surface area contributed by atoms with E-state index in [0.717, 1.165) is 25.7 Å². The summed E-state index contributed by atoms with van der Waals surface area (Å²) < 4.78 is 5.73. The van der Waals surface area contributed by atoms with Crippen LogP contribution in [0.1, 0.15) is 194 Å². The molecule has 0 aromatic rings. The summed E-state index contributed by atoms with van der Waals surface area (Å²) in [5.41, 5.74) is 0. The number of unbranched alkanes of at least 4 members (excludes halogenated alkanes) is 18. The minimum atomic E-state index is -0.0801. The molecule has 0 radical (unpaired) electrons. The molecule has 0 aliphatic rings. The predicted molar refractivity (Wildman–Crippen MR) is 162 cm³/mol. The van der Waals surface area contributed by atoms with Gasteiger partial charge in [-0.05, 0) is 38.0 Å². The third-order valence-electron chi connectivity index (χ3n) is 7.97. The quantitative estimate of drug-likeness (QED) is 0.0750. The molecule has 222 valence electrons. The highest BCUT2D eigenvalue weighted by atomic mass is 16.5. The molecule has 0 rings (SSSR count). The van der Waals surface area contributed by atoms with Gasteiger partial charge in [0, 0.05) is 6.42 Å². The molecule has 3 heteroatoms. The first-order chi connectivity index (χ1) is 18.1. The highest BCUT2D eigenvalue weighted by Crippen LogP contribution is 2.20. The minimum absolute atomic E-state index is 0.0229. The number of aliphatic hydroxyl groups is 1. The van der Waals surface area contributed by atoms with Gasteiger partial charge in [-0.3, -0.25) is 4.79 Å². The fourth-order valence-corrected chi connectivity index (χ4v) is 5.33. The van der Waals surface area contributed by atoms with E-state index in [4.69, 9.17) is 4.74 Å². The lowest BCUT2D eigenvalue weighted by atomic mass is 9.95. The molecule has 0 aliphatic heterocycles. The van der Waals surface area contributed by atoms with E-state index in [1.807, 2.05) is 0 Å². The molecule has 2 unspecified atom stereocenters. The van der Waals surface area contributed by atoms with Crippen molar-refractivity contribution in [2.24, 2.45) is 5.92 Å². The Balaban J connectivity index is 3.72. The van der Waals surface area contributed by atoms with E-state index in [-0.39, 0.29) is 12.1 Å². The molecule has 0 spiro atoms. The zero-order valence-electron chi connectivity index (χ0n) is 25.7. The van der Waals surface area contributed by atoms with Crippen LogP contribution in [0, 0.1) is 5.92 Å². The number of aliphatic hydroxyl groups excluding tert-OH is 1. The van der Waals surface area contributed by atoms with E-state index in [1.54, 1.807) is 0 Å². The predicted octanol–water partition coefficient (Wildman–Crippen LogP) is 11.1. The second-order valence-electron chi connectivity index (χ2n) is 11.8. The van der Waals surface area contributed by atoms with Gasteiger partial charge >= 0.3 is 5.97 Å². The molecule has 0 aliphatic carbocycles. The average Bonchev–Trinajstić information content (AvgIpc) is 2.90. The highest BCUT2D eigenvalue weighted by Gasteiger charge is 2.12. The molecule has 0 aromatic carbocycles. The monoisotopic (exact) mass is 525 g/mol. The third kappa shape index (κ3) is 28.3. The van der Waals surface area contributed by atoms with Crippen molar-refractivity contribution in [2.45, 2.75) is 200 Å². The van der Waals surface area contributed by atoms with E-state index < -0.39 is 0 Å². The Morgan fingerprint density at radius 1 is 0.514 bits per heavy atom. The summed E-state index contributed by atoms with van der Waals surface area (Å²) in [6.07, 6.45) is 32.8. The highest BCUT2D eigenvalue weighted by molar-refractivity contribution is 5.69. The first kappa shape index (κ1) is 36.4. The summed E-state index contributed by atoms with van der Waals surface area (Å²) in [6.45, 7) is 7.41. The number of hydrogen-bond acceptors (Lipinski definition) is 3.